The fourth-order valence-electron chi connectivity index (χ4n) is 1.65. The van der Waals surface area contributed by atoms with Gasteiger partial charge in [0, 0.05) is 11.9 Å². The summed E-state index contributed by atoms with van der Waals surface area (Å²) < 4.78 is 5.00. The van der Waals surface area contributed by atoms with Crippen molar-refractivity contribution in [2.45, 2.75) is 0 Å². The molecule has 6 heteroatoms. The molecule has 0 aliphatic carbocycles. The summed E-state index contributed by atoms with van der Waals surface area (Å²) in [4.78, 5) is 26.9. The smallest absolute Gasteiger partial charge is 0.335 e. The van der Waals surface area contributed by atoms with Gasteiger partial charge in [0.15, 0.2) is 0 Å². The van der Waals surface area contributed by atoms with Crippen molar-refractivity contribution in [2.75, 3.05) is 12.4 Å². The van der Waals surface area contributed by atoms with Crippen LogP contribution in [0.4, 0.5) is 5.69 Å². The molecular formula is C14H12N2O4. The molecule has 0 aliphatic heterocycles. The second-order valence-corrected chi connectivity index (χ2v) is 3.90. The number of aromatic nitrogens is 1. The summed E-state index contributed by atoms with van der Waals surface area (Å²) in [6, 6.07) is 9.17. The van der Waals surface area contributed by atoms with Gasteiger partial charge in [-0.25, -0.2) is 9.78 Å². The minimum absolute atomic E-state index is 0.0981. The van der Waals surface area contributed by atoms with Crippen LogP contribution in [0.2, 0.25) is 0 Å². The number of benzene rings is 1. The van der Waals surface area contributed by atoms with E-state index in [0.717, 1.165) is 0 Å². The summed E-state index contributed by atoms with van der Waals surface area (Å²) in [6.45, 7) is 0. The Morgan fingerprint density at radius 1 is 1.25 bits per heavy atom. The van der Waals surface area contributed by atoms with Crippen LogP contribution in [-0.4, -0.2) is 29.1 Å². The lowest BCUT2D eigenvalue weighted by Crippen LogP contribution is -2.14. The number of amides is 1. The Bertz CT molecular complexity index is 655. The van der Waals surface area contributed by atoms with E-state index in [4.69, 9.17) is 9.84 Å². The first-order chi connectivity index (χ1) is 9.61. The minimum Gasteiger partial charge on any atom is -0.480 e. The highest BCUT2D eigenvalue weighted by Gasteiger charge is 2.13. The maximum atomic E-state index is 12.1. The van der Waals surface area contributed by atoms with Crippen molar-refractivity contribution < 1.29 is 19.4 Å². The van der Waals surface area contributed by atoms with Crippen molar-refractivity contribution in [3.63, 3.8) is 0 Å². The van der Waals surface area contributed by atoms with E-state index < -0.39 is 11.9 Å². The molecule has 2 aromatic rings. The zero-order valence-corrected chi connectivity index (χ0v) is 10.7. The second kappa shape index (κ2) is 5.83. The summed E-state index contributed by atoms with van der Waals surface area (Å²) in [6.07, 6.45) is 1.51. The first-order valence-electron chi connectivity index (χ1n) is 5.75. The highest BCUT2D eigenvalue weighted by molar-refractivity contribution is 6.06. The summed E-state index contributed by atoms with van der Waals surface area (Å²) in [5, 5.41) is 11.5. The van der Waals surface area contributed by atoms with Crippen LogP contribution in [0.25, 0.3) is 0 Å². The van der Waals surface area contributed by atoms with Gasteiger partial charge in [0.1, 0.15) is 5.56 Å². The van der Waals surface area contributed by atoms with E-state index in [1.165, 1.54) is 25.4 Å². The molecule has 0 aliphatic rings. The Kier molecular flexibility index (Phi) is 3.95. The molecule has 0 unspecified atom stereocenters. The van der Waals surface area contributed by atoms with Gasteiger partial charge in [-0.05, 0) is 30.3 Å². The lowest BCUT2D eigenvalue weighted by molar-refractivity contribution is 0.0696. The van der Waals surface area contributed by atoms with Gasteiger partial charge in [0.05, 0.1) is 12.7 Å². The molecule has 6 nitrogen and oxygen atoms in total. The third-order valence-electron chi connectivity index (χ3n) is 2.58. The molecule has 20 heavy (non-hydrogen) atoms. The zero-order chi connectivity index (χ0) is 14.5. The van der Waals surface area contributed by atoms with E-state index in [-0.39, 0.29) is 17.0 Å². The number of hydrogen-bond acceptors (Lipinski definition) is 4. The van der Waals surface area contributed by atoms with Gasteiger partial charge in [-0.3, -0.25) is 4.79 Å². The molecular weight excluding hydrogens is 260 g/mol. The maximum absolute atomic E-state index is 12.1. The van der Waals surface area contributed by atoms with Crippen molar-refractivity contribution >= 4 is 17.6 Å². The quantitative estimate of drug-likeness (QED) is 0.889. The molecule has 1 heterocycles. The van der Waals surface area contributed by atoms with Gasteiger partial charge in [-0.15, -0.1) is 0 Å². The number of carbonyl (C=O) groups excluding carboxylic acids is 1. The van der Waals surface area contributed by atoms with E-state index in [1.54, 1.807) is 24.3 Å². The Morgan fingerprint density at radius 2 is 2.05 bits per heavy atom. The number of nitrogens with zero attached hydrogens (tertiary/aromatic N) is 1. The van der Waals surface area contributed by atoms with Crippen LogP contribution in [0.15, 0.2) is 42.6 Å². The average molecular weight is 272 g/mol. The number of hydrogen-bond donors (Lipinski definition) is 2. The predicted octanol–water partition coefficient (Wildman–Crippen LogP) is 2.04. The van der Waals surface area contributed by atoms with Crippen molar-refractivity contribution in [1.29, 1.82) is 0 Å². The van der Waals surface area contributed by atoms with Gasteiger partial charge < -0.3 is 15.2 Å². The van der Waals surface area contributed by atoms with Gasteiger partial charge >= 0.3 is 5.97 Å². The van der Waals surface area contributed by atoms with Crippen LogP contribution in [0, 0.1) is 0 Å². The van der Waals surface area contributed by atoms with E-state index in [2.05, 4.69) is 10.3 Å². The topological polar surface area (TPSA) is 88.5 Å². The molecule has 1 aromatic carbocycles. The van der Waals surface area contributed by atoms with Crippen LogP contribution < -0.4 is 10.1 Å². The van der Waals surface area contributed by atoms with Crippen molar-refractivity contribution in [3.05, 3.63) is 53.7 Å². The third-order valence-corrected chi connectivity index (χ3v) is 2.58. The first-order valence-corrected chi connectivity index (χ1v) is 5.75. The van der Waals surface area contributed by atoms with Crippen LogP contribution in [0.1, 0.15) is 20.7 Å². The number of anilines is 1. The molecule has 2 N–H and O–H groups in total. The normalized spacial score (nSPS) is 9.85. The third kappa shape index (κ3) is 2.92. The molecule has 0 atom stereocenters. The second-order valence-electron chi connectivity index (χ2n) is 3.90. The number of ether oxygens (including phenoxy) is 1. The lowest BCUT2D eigenvalue weighted by atomic mass is 10.2. The number of carboxylic acid groups (broad SMARTS) is 1. The van der Waals surface area contributed by atoms with E-state index >= 15 is 0 Å². The van der Waals surface area contributed by atoms with Crippen molar-refractivity contribution in [1.82, 2.24) is 4.98 Å². The molecule has 0 fully saturated rings. The summed E-state index contributed by atoms with van der Waals surface area (Å²) in [5.41, 5.74) is 0.762. The molecule has 2 rings (SSSR count). The first kappa shape index (κ1) is 13.5. The summed E-state index contributed by atoms with van der Waals surface area (Å²) in [7, 11) is 1.42. The number of rotatable bonds is 4. The fourth-order valence-corrected chi connectivity index (χ4v) is 1.65. The zero-order valence-electron chi connectivity index (χ0n) is 10.7. The van der Waals surface area contributed by atoms with Crippen molar-refractivity contribution in [3.8, 4) is 5.88 Å². The van der Waals surface area contributed by atoms with Gasteiger partial charge in [0.25, 0.3) is 5.91 Å². The summed E-state index contributed by atoms with van der Waals surface area (Å²) >= 11 is 0. The van der Waals surface area contributed by atoms with E-state index in [1.807, 2.05) is 0 Å². The molecule has 0 bridgehead atoms. The Balaban J connectivity index is 2.23. The largest absolute Gasteiger partial charge is 0.480 e. The van der Waals surface area contributed by atoms with Gasteiger partial charge in [0.2, 0.25) is 5.88 Å². The van der Waals surface area contributed by atoms with Crippen LogP contribution in [0.3, 0.4) is 0 Å². The number of carbonyl (C=O) groups is 2. The maximum Gasteiger partial charge on any atom is 0.335 e. The molecule has 102 valence electrons. The lowest BCUT2D eigenvalue weighted by Gasteiger charge is -2.08. The monoisotopic (exact) mass is 272 g/mol. The predicted molar refractivity (Wildman–Crippen MR) is 72.1 cm³/mol. The van der Waals surface area contributed by atoms with Crippen molar-refractivity contribution in [2.24, 2.45) is 0 Å². The van der Waals surface area contributed by atoms with E-state index in [0.29, 0.717) is 5.69 Å². The van der Waals surface area contributed by atoms with E-state index in [9.17, 15) is 9.59 Å². The standard InChI is InChI=1S/C14H12N2O4/c1-20-13-11(6-3-7-15-13)12(17)16-10-5-2-4-9(8-10)14(18)19/h2-8H,1H3,(H,16,17)(H,18,19). The van der Waals surface area contributed by atoms with Crippen LogP contribution in [-0.2, 0) is 0 Å². The molecule has 1 amide bonds. The van der Waals surface area contributed by atoms with Crippen LogP contribution in [0.5, 0.6) is 5.88 Å². The Labute approximate surface area is 115 Å². The highest BCUT2D eigenvalue weighted by atomic mass is 16.5. The number of methoxy groups -OCH3 is 1. The molecule has 0 spiro atoms. The molecule has 0 saturated heterocycles. The number of nitrogens with one attached hydrogen (secondary N) is 1. The Morgan fingerprint density at radius 3 is 2.75 bits per heavy atom. The average Bonchev–Trinajstić information content (AvgIpc) is 2.47. The van der Waals surface area contributed by atoms with Gasteiger partial charge in [-0.1, -0.05) is 6.07 Å². The highest BCUT2D eigenvalue weighted by Crippen LogP contribution is 2.17. The molecule has 0 saturated carbocycles. The Hall–Kier alpha value is -2.89. The van der Waals surface area contributed by atoms with Gasteiger partial charge in [-0.2, -0.15) is 0 Å². The number of carboxylic acids is 1. The molecule has 0 radical (unpaired) electrons. The molecule has 1 aromatic heterocycles. The van der Waals surface area contributed by atoms with Crippen LogP contribution >= 0.6 is 0 Å². The fraction of sp³-hybridized carbons (Fsp3) is 0.0714. The number of aromatic carboxylic acids is 1. The minimum atomic E-state index is -1.06. The number of pyridine rings is 1. The summed E-state index contributed by atoms with van der Waals surface area (Å²) in [5.74, 6) is -1.27. The SMILES string of the molecule is COc1ncccc1C(=O)Nc1cccc(C(=O)O)c1.